The van der Waals surface area contributed by atoms with Crippen molar-refractivity contribution >= 4 is 11.4 Å². The molecular formula is C34H53N5O2. The summed E-state index contributed by atoms with van der Waals surface area (Å²) >= 11 is 0. The minimum Gasteiger partial charge on any atom is -0.495 e. The molecule has 3 heterocycles. The zero-order valence-corrected chi connectivity index (χ0v) is 26.2. The van der Waals surface area contributed by atoms with Gasteiger partial charge in [-0.05, 0) is 73.0 Å². The summed E-state index contributed by atoms with van der Waals surface area (Å²) in [6.07, 6.45) is 3.65. The highest BCUT2D eigenvalue weighted by molar-refractivity contribution is 5.61. The average molecular weight is 564 g/mol. The monoisotopic (exact) mass is 563 g/mol. The van der Waals surface area contributed by atoms with Crippen LogP contribution in [0.15, 0.2) is 36.4 Å². The molecule has 1 unspecified atom stereocenters. The maximum Gasteiger partial charge on any atom is 0.142 e. The van der Waals surface area contributed by atoms with Crippen LogP contribution in [0.3, 0.4) is 0 Å². The summed E-state index contributed by atoms with van der Waals surface area (Å²) in [5.74, 6) is 3.08. The summed E-state index contributed by atoms with van der Waals surface area (Å²) in [6, 6.07) is 14.3. The topological polar surface area (TPSA) is 43.5 Å². The molecule has 0 aliphatic carbocycles. The molecule has 7 nitrogen and oxygen atoms in total. The molecule has 1 N–H and O–H groups in total. The first-order valence-corrected chi connectivity index (χ1v) is 16.0. The fourth-order valence-electron chi connectivity index (χ4n) is 6.85. The summed E-state index contributed by atoms with van der Waals surface area (Å²) in [6.45, 7) is 19.1. The largest absolute Gasteiger partial charge is 0.495 e. The summed E-state index contributed by atoms with van der Waals surface area (Å²) in [5.41, 5.74) is 5.22. The van der Waals surface area contributed by atoms with Crippen LogP contribution in [0.25, 0.3) is 0 Å². The molecule has 3 fully saturated rings. The van der Waals surface area contributed by atoms with Gasteiger partial charge in [0.2, 0.25) is 0 Å². The fraction of sp³-hybridized carbons (Fsp3) is 0.647. The van der Waals surface area contributed by atoms with E-state index in [1.54, 1.807) is 14.2 Å². The molecule has 2 aromatic rings. The molecule has 0 spiro atoms. The molecule has 0 saturated carbocycles. The molecule has 1 atom stereocenters. The van der Waals surface area contributed by atoms with Crippen LogP contribution in [0.2, 0.25) is 0 Å². The molecule has 2 aromatic carbocycles. The standard InChI is InChI=1S/C34H53N5O2/c1-26(2)28-6-8-31(33(24-28)40-4)38-16-11-30(12-17-38)37-22-20-36(21-23-37)15-10-27(3)29-7-9-32(34(25-29)41-5)39-18-13-35-14-19-39/h6-9,24-27,30,35H,10-23H2,1-5H3. The number of nitrogens with one attached hydrogen (secondary N) is 1. The zero-order valence-electron chi connectivity index (χ0n) is 26.2. The van der Waals surface area contributed by atoms with E-state index < -0.39 is 0 Å². The Morgan fingerprint density at radius 1 is 0.732 bits per heavy atom. The van der Waals surface area contributed by atoms with Crippen molar-refractivity contribution < 1.29 is 9.47 Å². The lowest BCUT2D eigenvalue weighted by Gasteiger charge is -2.43. The highest BCUT2D eigenvalue weighted by Gasteiger charge is 2.29. The van der Waals surface area contributed by atoms with Gasteiger partial charge in [0.1, 0.15) is 11.5 Å². The zero-order chi connectivity index (χ0) is 28.8. The third kappa shape index (κ3) is 7.30. The van der Waals surface area contributed by atoms with Gasteiger partial charge in [0.25, 0.3) is 0 Å². The Hall–Kier alpha value is -2.48. The van der Waals surface area contributed by atoms with E-state index in [2.05, 4.69) is 82.1 Å². The van der Waals surface area contributed by atoms with Gasteiger partial charge < -0.3 is 29.5 Å². The van der Waals surface area contributed by atoms with Crippen LogP contribution in [0.5, 0.6) is 11.5 Å². The van der Waals surface area contributed by atoms with Crippen molar-refractivity contribution in [2.45, 2.75) is 57.9 Å². The minimum absolute atomic E-state index is 0.517. The van der Waals surface area contributed by atoms with Gasteiger partial charge >= 0.3 is 0 Å². The molecule has 3 aliphatic heterocycles. The second-order valence-electron chi connectivity index (χ2n) is 12.5. The Bertz CT molecular complexity index is 1100. The van der Waals surface area contributed by atoms with E-state index in [0.717, 1.165) is 50.8 Å². The van der Waals surface area contributed by atoms with Crippen molar-refractivity contribution in [3.63, 3.8) is 0 Å². The Balaban J connectivity index is 1.06. The molecule has 0 bridgehead atoms. The van der Waals surface area contributed by atoms with Crippen molar-refractivity contribution in [2.24, 2.45) is 0 Å². The summed E-state index contributed by atoms with van der Waals surface area (Å²) in [4.78, 5) is 10.4. The van der Waals surface area contributed by atoms with Crippen LogP contribution < -0.4 is 24.6 Å². The number of methoxy groups -OCH3 is 2. The molecule has 3 saturated heterocycles. The van der Waals surface area contributed by atoms with E-state index in [1.165, 1.54) is 74.5 Å². The van der Waals surface area contributed by atoms with E-state index in [-0.39, 0.29) is 0 Å². The van der Waals surface area contributed by atoms with Gasteiger partial charge in [0, 0.05) is 71.5 Å². The van der Waals surface area contributed by atoms with E-state index in [1.807, 2.05) is 0 Å². The predicted molar refractivity (Wildman–Crippen MR) is 171 cm³/mol. The summed E-state index contributed by atoms with van der Waals surface area (Å²) < 4.78 is 11.6. The summed E-state index contributed by atoms with van der Waals surface area (Å²) in [7, 11) is 3.61. The number of piperidine rings is 1. The fourth-order valence-corrected chi connectivity index (χ4v) is 6.85. The third-order valence-electron chi connectivity index (χ3n) is 9.71. The first-order chi connectivity index (χ1) is 20.0. The van der Waals surface area contributed by atoms with Crippen molar-refractivity contribution in [3.05, 3.63) is 47.5 Å². The van der Waals surface area contributed by atoms with E-state index in [0.29, 0.717) is 17.9 Å². The second-order valence-corrected chi connectivity index (χ2v) is 12.5. The van der Waals surface area contributed by atoms with Gasteiger partial charge in [-0.3, -0.25) is 4.90 Å². The quantitative estimate of drug-likeness (QED) is 0.436. The average Bonchev–Trinajstić information content (AvgIpc) is 3.03. The molecule has 41 heavy (non-hydrogen) atoms. The smallest absolute Gasteiger partial charge is 0.142 e. The third-order valence-corrected chi connectivity index (χ3v) is 9.71. The Labute approximate surface area is 248 Å². The number of nitrogens with zero attached hydrogens (tertiary/aromatic N) is 4. The van der Waals surface area contributed by atoms with Crippen molar-refractivity contribution in [2.75, 3.05) is 96.0 Å². The number of anilines is 2. The molecule has 3 aliphatic rings. The molecule has 0 amide bonds. The number of hydrogen-bond acceptors (Lipinski definition) is 7. The lowest BCUT2D eigenvalue weighted by Crippen LogP contribution is -2.53. The summed E-state index contributed by atoms with van der Waals surface area (Å²) in [5, 5.41) is 3.44. The van der Waals surface area contributed by atoms with Gasteiger partial charge in [-0.2, -0.15) is 0 Å². The van der Waals surface area contributed by atoms with Crippen LogP contribution >= 0.6 is 0 Å². The second kappa shape index (κ2) is 14.1. The predicted octanol–water partition coefficient (Wildman–Crippen LogP) is 5.02. The van der Waals surface area contributed by atoms with E-state index in [4.69, 9.17) is 9.47 Å². The highest BCUT2D eigenvalue weighted by Crippen LogP contribution is 2.35. The van der Waals surface area contributed by atoms with Gasteiger partial charge in [-0.15, -0.1) is 0 Å². The number of benzene rings is 2. The van der Waals surface area contributed by atoms with Gasteiger partial charge in [-0.25, -0.2) is 0 Å². The van der Waals surface area contributed by atoms with Crippen LogP contribution in [-0.4, -0.2) is 102 Å². The molecule has 7 heteroatoms. The normalized spacial score (nSPS) is 20.4. The Kier molecular flexibility index (Phi) is 10.3. The maximum atomic E-state index is 5.82. The number of piperazine rings is 2. The van der Waals surface area contributed by atoms with Crippen LogP contribution in [-0.2, 0) is 0 Å². The SMILES string of the molecule is COc1cc(C(C)CCN2CCN(C3CCN(c4ccc(C(C)C)cc4OC)CC3)CC2)ccc1N1CCNCC1. The molecule has 0 radical (unpaired) electrons. The van der Waals surface area contributed by atoms with E-state index in [9.17, 15) is 0 Å². The maximum absolute atomic E-state index is 5.82. The highest BCUT2D eigenvalue weighted by atomic mass is 16.5. The number of hydrogen-bond donors (Lipinski definition) is 1. The van der Waals surface area contributed by atoms with Crippen LogP contribution in [0, 0.1) is 0 Å². The first-order valence-electron chi connectivity index (χ1n) is 16.0. The van der Waals surface area contributed by atoms with Gasteiger partial charge in [0.05, 0.1) is 25.6 Å². The lowest BCUT2D eigenvalue weighted by atomic mass is 9.96. The van der Waals surface area contributed by atoms with Crippen molar-refractivity contribution in [1.29, 1.82) is 0 Å². The molecule has 0 aromatic heterocycles. The van der Waals surface area contributed by atoms with Crippen LogP contribution in [0.1, 0.15) is 63.0 Å². The minimum atomic E-state index is 0.517. The first kappa shape index (κ1) is 30.0. The molecular weight excluding hydrogens is 510 g/mol. The number of ether oxygens (including phenoxy) is 2. The molecule has 5 rings (SSSR count). The van der Waals surface area contributed by atoms with Crippen molar-refractivity contribution in [3.8, 4) is 11.5 Å². The van der Waals surface area contributed by atoms with Gasteiger partial charge in [0.15, 0.2) is 0 Å². The van der Waals surface area contributed by atoms with Gasteiger partial charge in [-0.1, -0.05) is 32.9 Å². The Morgan fingerprint density at radius 3 is 1.88 bits per heavy atom. The lowest BCUT2D eigenvalue weighted by molar-refractivity contribution is 0.0834. The Morgan fingerprint density at radius 2 is 1.29 bits per heavy atom. The van der Waals surface area contributed by atoms with E-state index >= 15 is 0 Å². The van der Waals surface area contributed by atoms with Crippen molar-refractivity contribution in [1.82, 2.24) is 15.1 Å². The molecule has 226 valence electrons. The van der Waals surface area contributed by atoms with Crippen LogP contribution in [0.4, 0.5) is 11.4 Å². The number of rotatable bonds is 10.